The summed E-state index contributed by atoms with van der Waals surface area (Å²) in [4.78, 5) is 11.0. The molecule has 2 atom stereocenters. The molecule has 4 nitrogen and oxygen atoms in total. The molecule has 0 heterocycles. The quantitative estimate of drug-likeness (QED) is 0.416. The molecule has 0 unspecified atom stereocenters. The van der Waals surface area contributed by atoms with Crippen molar-refractivity contribution in [2.75, 3.05) is 7.11 Å². The van der Waals surface area contributed by atoms with Gasteiger partial charge in [0.25, 0.3) is 0 Å². The number of hydrogen-bond acceptors (Lipinski definition) is 4. The van der Waals surface area contributed by atoms with E-state index in [0.29, 0.717) is 6.42 Å². The van der Waals surface area contributed by atoms with Gasteiger partial charge in [0.2, 0.25) is 0 Å². The van der Waals surface area contributed by atoms with Crippen LogP contribution < -0.4 is 0 Å². The van der Waals surface area contributed by atoms with Crippen molar-refractivity contribution in [2.24, 2.45) is 5.41 Å². The first kappa shape index (κ1) is 8.55. The minimum Gasteiger partial charge on any atom is -0.469 e. The minimum absolute atomic E-state index is 0.352. The maximum absolute atomic E-state index is 11.0. The molecule has 0 saturated heterocycles. The van der Waals surface area contributed by atoms with E-state index in [-0.39, 0.29) is 11.8 Å². The third-order valence-corrected chi connectivity index (χ3v) is 2.31. The molecule has 0 amide bonds. The lowest BCUT2D eigenvalue weighted by molar-refractivity contribution is -0.146. The lowest BCUT2D eigenvalue weighted by Crippen LogP contribution is -2.21. The van der Waals surface area contributed by atoms with Crippen LogP contribution in [0.4, 0.5) is 0 Å². The summed E-state index contributed by atoms with van der Waals surface area (Å²) in [5, 5.41) is 17.4. The van der Waals surface area contributed by atoms with Gasteiger partial charge in [-0.3, -0.25) is 4.79 Å². The zero-order valence-corrected chi connectivity index (χ0v) is 6.57. The van der Waals surface area contributed by atoms with E-state index in [1.54, 1.807) is 6.92 Å². The van der Waals surface area contributed by atoms with Gasteiger partial charge in [-0.25, -0.2) is 0 Å². The van der Waals surface area contributed by atoms with Crippen LogP contribution in [0.25, 0.3) is 0 Å². The smallest absolute Gasteiger partial charge is 0.455 e. The van der Waals surface area contributed by atoms with Crippen molar-refractivity contribution in [2.45, 2.75) is 19.2 Å². The molecule has 0 aromatic heterocycles. The van der Waals surface area contributed by atoms with Crippen LogP contribution in [0, 0.1) is 5.41 Å². The van der Waals surface area contributed by atoms with Gasteiger partial charge in [0.1, 0.15) is 0 Å². The summed E-state index contributed by atoms with van der Waals surface area (Å²) in [6.07, 6.45) is 0.497. The Balaban J connectivity index is 2.55. The summed E-state index contributed by atoms with van der Waals surface area (Å²) in [7, 11) is -0.105. The van der Waals surface area contributed by atoms with E-state index in [1.807, 2.05) is 0 Å². The van der Waals surface area contributed by atoms with Crippen LogP contribution in [0.1, 0.15) is 13.3 Å². The Morgan fingerprint density at radius 3 is 2.55 bits per heavy atom. The normalized spacial score (nSPS) is 34.7. The molecule has 1 aliphatic carbocycles. The van der Waals surface area contributed by atoms with Gasteiger partial charge in [-0.2, -0.15) is 0 Å². The number of ether oxygens (including phenoxy) is 1. The maximum Gasteiger partial charge on any atom is 0.455 e. The van der Waals surface area contributed by atoms with Crippen LogP contribution in [0.3, 0.4) is 0 Å². The molecule has 1 aliphatic rings. The van der Waals surface area contributed by atoms with E-state index >= 15 is 0 Å². The highest BCUT2D eigenvalue weighted by Gasteiger charge is 2.62. The summed E-state index contributed by atoms with van der Waals surface area (Å²) in [6.45, 7) is 1.67. The molecule has 11 heavy (non-hydrogen) atoms. The highest BCUT2D eigenvalue weighted by Crippen LogP contribution is 2.58. The van der Waals surface area contributed by atoms with Crippen LogP contribution in [0.5, 0.6) is 0 Å². The fourth-order valence-electron chi connectivity index (χ4n) is 1.30. The van der Waals surface area contributed by atoms with Crippen LogP contribution >= 0.6 is 0 Å². The molecule has 0 spiro atoms. The van der Waals surface area contributed by atoms with Gasteiger partial charge in [0.15, 0.2) is 0 Å². The van der Waals surface area contributed by atoms with Gasteiger partial charge in [0, 0.05) is 5.82 Å². The summed E-state index contributed by atoms with van der Waals surface area (Å²) in [5.41, 5.74) is -0.664. The van der Waals surface area contributed by atoms with E-state index in [1.165, 1.54) is 7.11 Å². The van der Waals surface area contributed by atoms with Gasteiger partial charge in [-0.1, -0.05) is 0 Å². The molecule has 1 rings (SSSR count). The van der Waals surface area contributed by atoms with Gasteiger partial charge in [-0.05, 0) is 13.3 Å². The highest BCUT2D eigenvalue weighted by molar-refractivity contribution is 6.45. The molecular weight excluding hydrogens is 147 g/mol. The van der Waals surface area contributed by atoms with Crippen LogP contribution in [-0.2, 0) is 9.53 Å². The second kappa shape index (κ2) is 2.50. The third-order valence-electron chi connectivity index (χ3n) is 2.31. The van der Waals surface area contributed by atoms with E-state index in [2.05, 4.69) is 4.74 Å². The van der Waals surface area contributed by atoms with E-state index < -0.39 is 12.5 Å². The van der Waals surface area contributed by atoms with Gasteiger partial charge < -0.3 is 14.8 Å². The van der Waals surface area contributed by atoms with Crippen molar-refractivity contribution in [1.82, 2.24) is 0 Å². The van der Waals surface area contributed by atoms with Crippen molar-refractivity contribution in [3.63, 3.8) is 0 Å². The van der Waals surface area contributed by atoms with E-state index in [4.69, 9.17) is 10.0 Å². The predicted molar refractivity (Wildman–Crippen MR) is 38.7 cm³/mol. The van der Waals surface area contributed by atoms with Crippen molar-refractivity contribution >= 4 is 13.1 Å². The topological polar surface area (TPSA) is 66.8 Å². The second-order valence-corrected chi connectivity index (χ2v) is 3.13. The van der Waals surface area contributed by atoms with Gasteiger partial charge in [0.05, 0.1) is 12.5 Å². The first-order chi connectivity index (χ1) is 5.02. The third kappa shape index (κ3) is 1.26. The fourth-order valence-corrected chi connectivity index (χ4v) is 1.30. The van der Waals surface area contributed by atoms with Crippen LogP contribution in [0.15, 0.2) is 0 Å². The van der Waals surface area contributed by atoms with Crippen molar-refractivity contribution in [3.05, 3.63) is 0 Å². The summed E-state index contributed by atoms with van der Waals surface area (Å²) in [6, 6.07) is 0. The first-order valence-electron chi connectivity index (χ1n) is 3.47. The van der Waals surface area contributed by atoms with Crippen molar-refractivity contribution in [3.8, 4) is 0 Å². The Hall–Kier alpha value is -0.545. The monoisotopic (exact) mass is 158 g/mol. The standard InChI is InChI=1S/C6H11BO4/c1-6(5(8)11-2)3-4(6)7(9)10/h4,9-10H,3H2,1-2H3/t4-,6+/m1/s1. The second-order valence-electron chi connectivity index (χ2n) is 3.13. The fraction of sp³-hybridized carbons (Fsp3) is 0.833. The Morgan fingerprint density at radius 1 is 1.73 bits per heavy atom. The summed E-state index contributed by atoms with van der Waals surface area (Å²) in [5.74, 6) is -0.717. The Morgan fingerprint density at radius 2 is 2.27 bits per heavy atom. The number of carbonyl (C=O) groups is 1. The van der Waals surface area contributed by atoms with Crippen LogP contribution in [0.2, 0.25) is 5.82 Å². The SMILES string of the molecule is COC(=O)[C@@]1(C)C[C@H]1B(O)O. The molecule has 5 heteroatoms. The van der Waals surface area contributed by atoms with E-state index in [0.717, 1.165) is 0 Å². The summed E-state index contributed by atoms with van der Waals surface area (Å²) < 4.78 is 4.50. The molecule has 0 aromatic carbocycles. The Labute approximate surface area is 65.3 Å². The lowest BCUT2D eigenvalue weighted by Gasteiger charge is -2.06. The van der Waals surface area contributed by atoms with Gasteiger partial charge in [-0.15, -0.1) is 0 Å². The number of rotatable bonds is 2. The van der Waals surface area contributed by atoms with Gasteiger partial charge >= 0.3 is 13.1 Å². The zero-order chi connectivity index (χ0) is 8.65. The number of carbonyl (C=O) groups excluding carboxylic acids is 1. The summed E-state index contributed by atoms with van der Waals surface area (Å²) >= 11 is 0. The number of hydrogen-bond donors (Lipinski definition) is 2. The average Bonchev–Trinajstić information content (AvgIpc) is 2.62. The van der Waals surface area contributed by atoms with Crippen molar-refractivity contribution in [1.29, 1.82) is 0 Å². The highest BCUT2D eigenvalue weighted by atomic mass is 16.5. The first-order valence-corrected chi connectivity index (χ1v) is 3.47. The average molecular weight is 158 g/mol. The molecule has 2 N–H and O–H groups in total. The molecule has 1 saturated carbocycles. The predicted octanol–water partition coefficient (Wildman–Crippen LogP) is -0.588. The Bertz CT molecular complexity index is 181. The minimum atomic E-state index is -1.40. The molecule has 62 valence electrons. The molecule has 0 aliphatic heterocycles. The Kier molecular flexibility index (Phi) is 1.94. The van der Waals surface area contributed by atoms with Crippen LogP contribution in [-0.4, -0.2) is 30.2 Å². The lowest BCUT2D eigenvalue weighted by atomic mass is 9.78. The molecule has 1 fully saturated rings. The molecule has 0 aromatic rings. The zero-order valence-electron chi connectivity index (χ0n) is 6.57. The molecule has 0 bridgehead atoms. The maximum atomic E-state index is 11.0. The van der Waals surface area contributed by atoms with E-state index in [9.17, 15) is 4.79 Å². The molecular formula is C6H11BO4. The largest absolute Gasteiger partial charge is 0.469 e. The van der Waals surface area contributed by atoms with Crippen molar-refractivity contribution < 1.29 is 19.6 Å². The molecule has 0 radical (unpaired) electrons. The number of esters is 1. The number of methoxy groups -OCH3 is 1.